The van der Waals surface area contributed by atoms with Gasteiger partial charge in [0, 0.05) is 12.7 Å². The van der Waals surface area contributed by atoms with Crippen LogP contribution in [0.15, 0.2) is 48.7 Å². The first-order valence-corrected chi connectivity index (χ1v) is 6.67. The molecule has 104 valence electrons. The molecule has 20 heavy (non-hydrogen) atoms. The van der Waals surface area contributed by atoms with Crippen molar-refractivity contribution in [2.75, 3.05) is 6.54 Å². The minimum absolute atomic E-state index is 0.272. The van der Waals surface area contributed by atoms with Crippen molar-refractivity contribution in [3.05, 3.63) is 64.9 Å². The van der Waals surface area contributed by atoms with E-state index in [4.69, 9.17) is 16.3 Å². The fraction of sp³-hybridized carbons (Fsp3) is 0.200. The molecule has 1 aromatic heterocycles. The van der Waals surface area contributed by atoms with Gasteiger partial charge in [-0.1, -0.05) is 41.9 Å². The van der Waals surface area contributed by atoms with E-state index in [1.807, 2.05) is 36.4 Å². The number of ether oxygens (including phenoxy) is 1. The third-order valence-corrected chi connectivity index (χ3v) is 2.89. The predicted molar refractivity (Wildman–Crippen MR) is 77.6 cm³/mol. The second-order valence-corrected chi connectivity index (χ2v) is 4.61. The van der Waals surface area contributed by atoms with Crippen LogP contribution in [0, 0.1) is 0 Å². The number of carbonyl (C=O) groups is 1. The van der Waals surface area contributed by atoms with E-state index < -0.39 is 6.09 Å². The number of halogens is 1. The highest BCUT2D eigenvalue weighted by Crippen LogP contribution is 2.07. The number of aromatic nitrogens is 1. The third kappa shape index (κ3) is 4.90. The molecule has 2 rings (SSSR count). The molecule has 0 spiro atoms. The Morgan fingerprint density at radius 2 is 2.00 bits per heavy atom. The van der Waals surface area contributed by atoms with Crippen molar-refractivity contribution in [1.82, 2.24) is 10.3 Å². The number of amides is 1. The molecule has 0 unspecified atom stereocenters. The zero-order chi connectivity index (χ0) is 14.2. The molecular formula is C15H15ClN2O2. The molecular weight excluding hydrogens is 276 g/mol. The van der Waals surface area contributed by atoms with Crippen LogP contribution in [0.3, 0.4) is 0 Å². The van der Waals surface area contributed by atoms with E-state index in [0.717, 1.165) is 11.1 Å². The van der Waals surface area contributed by atoms with Gasteiger partial charge in [-0.25, -0.2) is 9.78 Å². The largest absolute Gasteiger partial charge is 0.445 e. The molecule has 0 bridgehead atoms. The molecule has 0 aliphatic heterocycles. The minimum atomic E-state index is -0.422. The lowest BCUT2D eigenvalue weighted by molar-refractivity contribution is 0.140. The number of nitrogens with zero attached hydrogens (tertiary/aromatic N) is 1. The molecule has 4 nitrogen and oxygen atoms in total. The second-order valence-electron chi connectivity index (χ2n) is 4.23. The molecule has 0 saturated carbocycles. The van der Waals surface area contributed by atoms with E-state index in [9.17, 15) is 4.79 Å². The molecule has 1 aromatic carbocycles. The van der Waals surface area contributed by atoms with Gasteiger partial charge < -0.3 is 10.1 Å². The molecule has 0 atom stereocenters. The van der Waals surface area contributed by atoms with Crippen LogP contribution in [0.1, 0.15) is 11.1 Å². The van der Waals surface area contributed by atoms with Crippen LogP contribution in [-0.2, 0) is 17.8 Å². The quantitative estimate of drug-likeness (QED) is 0.860. The number of benzene rings is 1. The Kier molecular flexibility index (Phi) is 5.38. The first kappa shape index (κ1) is 14.3. The number of pyridine rings is 1. The summed E-state index contributed by atoms with van der Waals surface area (Å²) in [6, 6.07) is 13.2. The van der Waals surface area contributed by atoms with E-state index in [0.29, 0.717) is 18.1 Å². The Labute approximate surface area is 122 Å². The number of carbonyl (C=O) groups excluding carboxylic acids is 1. The molecule has 1 heterocycles. The van der Waals surface area contributed by atoms with Crippen LogP contribution in [0.2, 0.25) is 5.15 Å². The third-order valence-electron chi connectivity index (χ3n) is 2.69. The van der Waals surface area contributed by atoms with Gasteiger partial charge >= 0.3 is 6.09 Å². The first-order chi connectivity index (χ1) is 9.74. The SMILES string of the molecule is O=C(NCCc1ccnc(Cl)c1)OCc1ccccc1. The van der Waals surface area contributed by atoms with Crippen molar-refractivity contribution < 1.29 is 9.53 Å². The molecule has 0 aliphatic carbocycles. The van der Waals surface area contributed by atoms with Gasteiger partial charge in [0.25, 0.3) is 0 Å². The molecule has 0 fully saturated rings. The average molecular weight is 291 g/mol. The molecule has 0 saturated heterocycles. The number of rotatable bonds is 5. The Hall–Kier alpha value is -2.07. The lowest BCUT2D eigenvalue weighted by atomic mass is 10.2. The minimum Gasteiger partial charge on any atom is -0.445 e. The summed E-state index contributed by atoms with van der Waals surface area (Å²) in [6.45, 7) is 0.766. The fourth-order valence-electron chi connectivity index (χ4n) is 1.68. The normalized spacial score (nSPS) is 10.1. The van der Waals surface area contributed by atoms with E-state index in [2.05, 4.69) is 10.3 Å². The molecule has 1 amide bonds. The number of hydrogen-bond acceptors (Lipinski definition) is 3. The zero-order valence-electron chi connectivity index (χ0n) is 10.9. The van der Waals surface area contributed by atoms with Crippen molar-refractivity contribution in [2.45, 2.75) is 13.0 Å². The summed E-state index contributed by atoms with van der Waals surface area (Å²) in [4.78, 5) is 15.4. The molecule has 1 N–H and O–H groups in total. The Morgan fingerprint density at radius 3 is 2.75 bits per heavy atom. The van der Waals surface area contributed by atoms with Crippen molar-refractivity contribution in [3.63, 3.8) is 0 Å². The maximum Gasteiger partial charge on any atom is 0.407 e. The van der Waals surface area contributed by atoms with Gasteiger partial charge in [-0.2, -0.15) is 0 Å². The molecule has 2 aromatic rings. The summed E-state index contributed by atoms with van der Waals surface area (Å²) >= 11 is 5.78. The van der Waals surface area contributed by atoms with Crippen LogP contribution in [0.25, 0.3) is 0 Å². The fourth-order valence-corrected chi connectivity index (χ4v) is 1.88. The standard InChI is InChI=1S/C15H15ClN2O2/c16-14-10-12(6-8-17-14)7-9-18-15(19)20-11-13-4-2-1-3-5-13/h1-6,8,10H,7,9,11H2,(H,18,19). The predicted octanol–water partition coefficient (Wildman–Crippen LogP) is 3.20. The lowest BCUT2D eigenvalue weighted by Crippen LogP contribution is -2.26. The number of hydrogen-bond donors (Lipinski definition) is 1. The van der Waals surface area contributed by atoms with E-state index in [1.165, 1.54) is 0 Å². The molecule has 0 aliphatic rings. The zero-order valence-corrected chi connectivity index (χ0v) is 11.6. The molecule has 5 heteroatoms. The highest BCUT2D eigenvalue weighted by molar-refractivity contribution is 6.29. The van der Waals surface area contributed by atoms with E-state index in [-0.39, 0.29) is 6.61 Å². The van der Waals surface area contributed by atoms with Crippen LogP contribution < -0.4 is 5.32 Å². The van der Waals surface area contributed by atoms with Crippen molar-refractivity contribution >= 4 is 17.7 Å². The van der Waals surface area contributed by atoms with Gasteiger partial charge in [0.15, 0.2) is 0 Å². The van der Waals surface area contributed by atoms with Gasteiger partial charge in [-0.3, -0.25) is 0 Å². The van der Waals surface area contributed by atoms with E-state index >= 15 is 0 Å². The smallest absolute Gasteiger partial charge is 0.407 e. The topological polar surface area (TPSA) is 51.2 Å². The monoisotopic (exact) mass is 290 g/mol. The van der Waals surface area contributed by atoms with Crippen LogP contribution in [0.5, 0.6) is 0 Å². The molecule has 0 radical (unpaired) electrons. The lowest BCUT2D eigenvalue weighted by Gasteiger charge is -2.07. The van der Waals surface area contributed by atoms with Crippen molar-refractivity contribution in [1.29, 1.82) is 0 Å². The van der Waals surface area contributed by atoms with Gasteiger partial charge in [0.05, 0.1) is 0 Å². The summed E-state index contributed by atoms with van der Waals surface area (Å²) in [6.07, 6.45) is 1.91. The summed E-state index contributed by atoms with van der Waals surface area (Å²) in [7, 11) is 0. The van der Waals surface area contributed by atoms with Gasteiger partial charge in [-0.15, -0.1) is 0 Å². The van der Waals surface area contributed by atoms with E-state index in [1.54, 1.807) is 12.3 Å². The Balaban J connectivity index is 1.68. The number of alkyl carbamates (subject to hydrolysis) is 1. The Morgan fingerprint density at radius 1 is 1.20 bits per heavy atom. The summed E-state index contributed by atoms with van der Waals surface area (Å²) < 4.78 is 5.10. The highest BCUT2D eigenvalue weighted by atomic mass is 35.5. The maximum atomic E-state index is 11.5. The first-order valence-electron chi connectivity index (χ1n) is 6.29. The van der Waals surface area contributed by atoms with Gasteiger partial charge in [0.1, 0.15) is 11.8 Å². The average Bonchev–Trinajstić information content (AvgIpc) is 2.46. The summed E-state index contributed by atoms with van der Waals surface area (Å²) in [5.41, 5.74) is 1.98. The number of nitrogens with one attached hydrogen (secondary N) is 1. The van der Waals surface area contributed by atoms with Crippen LogP contribution in [-0.4, -0.2) is 17.6 Å². The summed E-state index contributed by atoms with van der Waals surface area (Å²) in [5, 5.41) is 3.15. The summed E-state index contributed by atoms with van der Waals surface area (Å²) in [5.74, 6) is 0. The van der Waals surface area contributed by atoms with Crippen LogP contribution in [0.4, 0.5) is 4.79 Å². The van der Waals surface area contributed by atoms with Crippen molar-refractivity contribution in [3.8, 4) is 0 Å². The van der Waals surface area contributed by atoms with Gasteiger partial charge in [-0.05, 0) is 29.7 Å². The maximum absolute atomic E-state index is 11.5. The van der Waals surface area contributed by atoms with Crippen molar-refractivity contribution in [2.24, 2.45) is 0 Å². The highest BCUT2D eigenvalue weighted by Gasteiger charge is 2.02. The van der Waals surface area contributed by atoms with Gasteiger partial charge in [0.2, 0.25) is 0 Å². The van der Waals surface area contributed by atoms with Crippen LogP contribution >= 0.6 is 11.6 Å². The second kappa shape index (κ2) is 7.50. The Bertz CT molecular complexity index is 561.